The number of likely N-dealkylation sites (tertiary alicyclic amines) is 1. The largest absolute Gasteiger partial charge is 0.444 e. The van der Waals surface area contributed by atoms with Crippen LogP contribution in [-0.2, 0) is 9.53 Å². The Kier molecular flexibility index (Phi) is 6.47. The molecule has 8 heteroatoms. The average Bonchev–Trinajstić information content (AvgIpc) is 2.98. The fourth-order valence-corrected chi connectivity index (χ4v) is 3.53. The Bertz CT molecular complexity index is 908. The van der Waals surface area contributed by atoms with Gasteiger partial charge < -0.3 is 15.0 Å². The molecule has 0 atom stereocenters. The number of imidazole rings is 1. The summed E-state index contributed by atoms with van der Waals surface area (Å²) in [6.45, 7) is 7.39. The molecule has 0 spiro atoms. The lowest BCUT2D eigenvalue weighted by Gasteiger charge is -2.31. The second-order valence-electron chi connectivity index (χ2n) is 8.20. The van der Waals surface area contributed by atoms with Crippen molar-refractivity contribution in [3.63, 3.8) is 0 Å². The number of piperidine rings is 1. The zero-order chi connectivity index (χ0) is 21.0. The van der Waals surface area contributed by atoms with E-state index < -0.39 is 11.7 Å². The van der Waals surface area contributed by atoms with E-state index in [0.29, 0.717) is 36.4 Å². The van der Waals surface area contributed by atoms with Gasteiger partial charge >= 0.3 is 6.09 Å². The van der Waals surface area contributed by atoms with Crippen LogP contribution in [0.25, 0.3) is 11.7 Å². The van der Waals surface area contributed by atoms with Gasteiger partial charge in [-0.15, -0.1) is 0 Å². The van der Waals surface area contributed by atoms with Gasteiger partial charge in [0.05, 0.1) is 5.69 Å². The summed E-state index contributed by atoms with van der Waals surface area (Å²) in [5, 5.41) is 3.18. The van der Waals surface area contributed by atoms with Crippen molar-refractivity contribution in [3.8, 4) is 0 Å². The SMILES string of the molecule is CC(C)(C)OC(=O)NCC1CCN(C(=O)/C=C/c2c(Cl)nc3ccccn23)CC1. The van der Waals surface area contributed by atoms with Crippen LogP contribution in [0.2, 0.25) is 5.15 Å². The molecule has 2 amide bonds. The van der Waals surface area contributed by atoms with Gasteiger partial charge in [0.15, 0.2) is 5.15 Å². The number of pyridine rings is 1. The minimum absolute atomic E-state index is 0.0505. The van der Waals surface area contributed by atoms with Crippen LogP contribution < -0.4 is 5.32 Å². The summed E-state index contributed by atoms with van der Waals surface area (Å²) < 4.78 is 7.10. The first-order valence-electron chi connectivity index (χ1n) is 9.79. The van der Waals surface area contributed by atoms with Crippen molar-refractivity contribution in [3.05, 3.63) is 41.3 Å². The molecule has 0 aromatic carbocycles. The molecule has 3 heterocycles. The highest BCUT2D eigenvalue weighted by Crippen LogP contribution is 2.20. The molecule has 0 unspecified atom stereocenters. The first kappa shape index (κ1) is 21.2. The lowest BCUT2D eigenvalue weighted by atomic mass is 9.97. The van der Waals surface area contributed by atoms with E-state index in [4.69, 9.17) is 16.3 Å². The number of hydrogen-bond donors (Lipinski definition) is 1. The van der Waals surface area contributed by atoms with Crippen LogP contribution >= 0.6 is 11.6 Å². The molecule has 2 aromatic heterocycles. The Morgan fingerprint density at radius 2 is 2.03 bits per heavy atom. The lowest BCUT2D eigenvalue weighted by Crippen LogP contribution is -2.41. The van der Waals surface area contributed by atoms with E-state index in [2.05, 4.69) is 10.3 Å². The number of hydrogen-bond acceptors (Lipinski definition) is 4. The van der Waals surface area contributed by atoms with E-state index >= 15 is 0 Å². The third kappa shape index (κ3) is 5.73. The summed E-state index contributed by atoms with van der Waals surface area (Å²) in [6, 6.07) is 5.64. The Balaban J connectivity index is 1.49. The number of nitrogens with zero attached hydrogens (tertiary/aromatic N) is 3. The summed E-state index contributed by atoms with van der Waals surface area (Å²) in [6.07, 6.45) is 6.39. The van der Waals surface area contributed by atoms with Gasteiger partial charge in [0.25, 0.3) is 0 Å². The molecule has 1 N–H and O–H groups in total. The van der Waals surface area contributed by atoms with Crippen molar-refractivity contribution in [2.75, 3.05) is 19.6 Å². The Morgan fingerprint density at radius 3 is 2.72 bits per heavy atom. The molecule has 3 rings (SSSR count). The molecule has 0 radical (unpaired) electrons. The van der Waals surface area contributed by atoms with Crippen molar-refractivity contribution in [1.29, 1.82) is 0 Å². The summed E-state index contributed by atoms with van der Waals surface area (Å²) in [5.74, 6) is 0.286. The van der Waals surface area contributed by atoms with Crippen molar-refractivity contribution >= 4 is 35.3 Å². The number of nitrogens with one attached hydrogen (secondary N) is 1. The van der Waals surface area contributed by atoms with Crippen LogP contribution in [0.5, 0.6) is 0 Å². The third-order valence-corrected chi connectivity index (χ3v) is 5.04. The van der Waals surface area contributed by atoms with Crippen LogP contribution in [0.3, 0.4) is 0 Å². The summed E-state index contributed by atoms with van der Waals surface area (Å²) in [7, 11) is 0. The molecule has 0 bridgehead atoms. The molecule has 1 aliphatic rings. The van der Waals surface area contributed by atoms with Gasteiger partial charge in [-0.1, -0.05) is 17.7 Å². The van der Waals surface area contributed by atoms with E-state index in [1.807, 2.05) is 54.5 Å². The van der Waals surface area contributed by atoms with E-state index in [1.54, 1.807) is 12.2 Å². The number of carbonyl (C=O) groups is 2. The Labute approximate surface area is 175 Å². The van der Waals surface area contributed by atoms with Crippen molar-refractivity contribution in [2.45, 2.75) is 39.2 Å². The number of aromatic nitrogens is 2. The molecule has 1 aliphatic heterocycles. The highest BCUT2D eigenvalue weighted by Gasteiger charge is 2.23. The first-order chi connectivity index (χ1) is 13.7. The molecule has 1 fully saturated rings. The van der Waals surface area contributed by atoms with Crippen molar-refractivity contribution < 1.29 is 14.3 Å². The number of rotatable bonds is 4. The maximum Gasteiger partial charge on any atom is 0.407 e. The maximum absolute atomic E-state index is 12.5. The zero-order valence-corrected chi connectivity index (χ0v) is 17.8. The quantitative estimate of drug-likeness (QED) is 0.767. The van der Waals surface area contributed by atoms with Crippen molar-refractivity contribution in [2.24, 2.45) is 5.92 Å². The lowest BCUT2D eigenvalue weighted by molar-refractivity contribution is -0.127. The van der Waals surface area contributed by atoms with E-state index in [0.717, 1.165) is 18.5 Å². The average molecular weight is 419 g/mol. The highest BCUT2D eigenvalue weighted by atomic mass is 35.5. The highest BCUT2D eigenvalue weighted by molar-refractivity contribution is 6.31. The molecule has 0 saturated carbocycles. The zero-order valence-electron chi connectivity index (χ0n) is 17.0. The predicted molar refractivity (Wildman–Crippen MR) is 113 cm³/mol. The third-order valence-electron chi connectivity index (χ3n) is 4.77. The Hall–Kier alpha value is -2.54. The molecule has 7 nitrogen and oxygen atoms in total. The number of ether oxygens (including phenoxy) is 1. The normalized spacial score (nSPS) is 15.8. The first-order valence-corrected chi connectivity index (χ1v) is 10.2. The van der Waals surface area contributed by atoms with Crippen LogP contribution in [0, 0.1) is 5.92 Å². The maximum atomic E-state index is 12.5. The molecular weight excluding hydrogens is 392 g/mol. The number of alkyl carbamates (subject to hydrolysis) is 1. The van der Waals surface area contributed by atoms with Gasteiger partial charge in [0.2, 0.25) is 5.91 Å². The predicted octanol–water partition coefficient (Wildman–Crippen LogP) is 3.76. The fraction of sp³-hybridized carbons (Fsp3) is 0.476. The van der Waals surface area contributed by atoms with Gasteiger partial charge in [-0.05, 0) is 57.7 Å². The smallest absolute Gasteiger partial charge is 0.407 e. The van der Waals surface area contributed by atoms with Gasteiger partial charge in [-0.2, -0.15) is 0 Å². The van der Waals surface area contributed by atoms with Crippen LogP contribution in [0.1, 0.15) is 39.3 Å². The molecule has 0 aliphatic carbocycles. The van der Waals surface area contributed by atoms with E-state index in [-0.39, 0.29) is 5.91 Å². The molecule has 156 valence electrons. The second-order valence-corrected chi connectivity index (χ2v) is 8.56. The number of halogens is 1. The summed E-state index contributed by atoms with van der Waals surface area (Å²) >= 11 is 6.20. The number of carbonyl (C=O) groups excluding carboxylic acids is 2. The van der Waals surface area contributed by atoms with E-state index in [1.165, 1.54) is 0 Å². The fourth-order valence-electron chi connectivity index (χ4n) is 3.29. The summed E-state index contributed by atoms with van der Waals surface area (Å²) in [4.78, 5) is 30.4. The molecule has 2 aromatic rings. The minimum atomic E-state index is -0.504. The van der Waals surface area contributed by atoms with Crippen LogP contribution in [0.4, 0.5) is 4.79 Å². The molecule has 29 heavy (non-hydrogen) atoms. The topological polar surface area (TPSA) is 75.9 Å². The van der Waals surface area contributed by atoms with Gasteiger partial charge in [-0.3, -0.25) is 9.20 Å². The standard InChI is InChI=1S/C21H27ClN4O3/c1-21(2,3)29-20(28)23-14-15-9-12-25(13-10-15)18(27)8-7-16-19(22)24-17-6-4-5-11-26(16)17/h4-8,11,15H,9-10,12-14H2,1-3H3,(H,23,28)/b8-7+. The van der Waals surface area contributed by atoms with Gasteiger partial charge in [0.1, 0.15) is 11.2 Å². The second kappa shape index (κ2) is 8.86. The number of amides is 2. The van der Waals surface area contributed by atoms with Crippen LogP contribution in [-0.4, -0.2) is 51.5 Å². The van der Waals surface area contributed by atoms with Crippen molar-refractivity contribution in [1.82, 2.24) is 19.6 Å². The minimum Gasteiger partial charge on any atom is -0.444 e. The van der Waals surface area contributed by atoms with E-state index in [9.17, 15) is 9.59 Å². The van der Waals surface area contributed by atoms with Gasteiger partial charge in [-0.25, -0.2) is 9.78 Å². The number of fused-ring (bicyclic) bond motifs is 1. The molecule has 1 saturated heterocycles. The molecular formula is C21H27ClN4O3. The Morgan fingerprint density at radius 1 is 1.31 bits per heavy atom. The summed E-state index contributed by atoms with van der Waals surface area (Å²) in [5.41, 5.74) is 0.922. The monoisotopic (exact) mass is 418 g/mol. The van der Waals surface area contributed by atoms with Gasteiger partial charge in [0, 0.05) is 31.9 Å². The van der Waals surface area contributed by atoms with Crippen LogP contribution in [0.15, 0.2) is 30.5 Å².